The van der Waals surface area contributed by atoms with Crippen molar-refractivity contribution in [2.45, 2.75) is 34.6 Å². The zero-order valence-corrected chi connectivity index (χ0v) is 17.9. The molecule has 0 radical (unpaired) electrons. The molecule has 0 saturated carbocycles. The average Bonchev–Trinajstić information content (AvgIpc) is 2.70. The van der Waals surface area contributed by atoms with Crippen LogP contribution < -0.4 is 0 Å². The van der Waals surface area contributed by atoms with E-state index in [9.17, 15) is 4.79 Å². The first-order valence-electron chi connectivity index (χ1n) is 9.32. The summed E-state index contributed by atoms with van der Waals surface area (Å²) in [6.07, 6.45) is 8.49. The van der Waals surface area contributed by atoms with E-state index in [0.717, 1.165) is 33.4 Å². The van der Waals surface area contributed by atoms with Crippen LogP contribution in [0.25, 0.3) is 11.1 Å². The molecule has 0 spiro atoms. The number of rotatable bonds is 4. The number of benzene rings is 2. The van der Waals surface area contributed by atoms with Gasteiger partial charge in [0, 0.05) is 18.8 Å². The van der Waals surface area contributed by atoms with Crippen molar-refractivity contribution in [3.63, 3.8) is 0 Å². The van der Waals surface area contributed by atoms with Gasteiger partial charge in [-0.2, -0.15) is 0 Å². The Balaban J connectivity index is 0.000000604. The van der Waals surface area contributed by atoms with Gasteiger partial charge >= 0.3 is 0 Å². The molecule has 0 amide bonds. The number of nitrogens with zero attached hydrogens (tertiary/aromatic N) is 1. The summed E-state index contributed by atoms with van der Waals surface area (Å²) in [5, 5.41) is 0. The highest BCUT2D eigenvalue weighted by Gasteiger charge is 2.05. The molecular weight excluding hydrogens is 342 g/mol. The Morgan fingerprint density at radius 3 is 2.18 bits per heavy atom. The van der Waals surface area contributed by atoms with Crippen molar-refractivity contribution < 1.29 is 4.79 Å². The molecule has 0 fully saturated rings. The van der Waals surface area contributed by atoms with Gasteiger partial charge < -0.3 is 0 Å². The van der Waals surface area contributed by atoms with Gasteiger partial charge in [-0.15, -0.1) is 6.42 Å². The number of aliphatic imine (C=N–C) groups is 1. The standard InChI is InChI=1S/C16H19NO.C8H6.C2H6/c1-11-6-7-15(13(3)10-17-5)9-16(11)12(2)8-14(4)18;1-2-8-6-4-3-5-7-8;1-2/h6-10H,3H2,1-2,4-5H3;1,3-7H;1-2H3/b12-8-,17-10?;;. The second-order valence-corrected chi connectivity index (χ2v) is 5.89. The minimum atomic E-state index is 0.0613. The Bertz CT molecular complexity index is 865. The minimum Gasteiger partial charge on any atom is -0.296 e. The van der Waals surface area contributed by atoms with Crippen molar-refractivity contribution in [3.8, 4) is 12.3 Å². The highest BCUT2D eigenvalue weighted by atomic mass is 16.1. The fourth-order valence-electron chi connectivity index (χ4n) is 2.39. The number of allylic oxidation sites excluding steroid dienone is 3. The third kappa shape index (κ3) is 8.96. The largest absolute Gasteiger partial charge is 0.296 e. The second kappa shape index (κ2) is 13.9. The SMILES string of the molecule is C#Cc1ccccc1.C=C(C=NC)c1ccc(C)c(/C(C)=C\C(C)=O)c1.CC. The highest BCUT2D eigenvalue weighted by Crippen LogP contribution is 2.22. The van der Waals surface area contributed by atoms with E-state index >= 15 is 0 Å². The maximum Gasteiger partial charge on any atom is 0.152 e. The molecule has 0 atom stereocenters. The molecule has 2 nitrogen and oxygen atoms in total. The topological polar surface area (TPSA) is 29.4 Å². The van der Waals surface area contributed by atoms with E-state index in [-0.39, 0.29) is 5.78 Å². The summed E-state index contributed by atoms with van der Waals surface area (Å²) in [6, 6.07) is 15.7. The summed E-state index contributed by atoms with van der Waals surface area (Å²) < 4.78 is 0. The molecule has 0 unspecified atom stereocenters. The van der Waals surface area contributed by atoms with Crippen LogP contribution in [0.4, 0.5) is 0 Å². The number of carbonyl (C=O) groups is 1. The smallest absolute Gasteiger partial charge is 0.152 e. The van der Waals surface area contributed by atoms with E-state index in [0.29, 0.717) is 0 Å². The van der Waals surface area contributed by atoms with Gasteiger partial charge in [-0.25, -0.2) is 0 Å². The number of aryl methyl sites for hydroxylation is 1. The van der Waals surface area contributed by atoms with E-state index in [1.165, 1.54) is 0 Å². The van der Waals surface area contributed by atoms with Crippen molar-refractivity contribution in [1.29, 1.82) is 0 Å². The van der Waals surface area contributed by atoms with Gasteiger partial charge in [0.2, 0.25) is 0 Å². The Labute approximate surface area is 170 Å². The molecule has 0 heterocycles. The van der Waals surface area contributed by atoms with Gasteiger partial charge in [0.05, 0.1) is 0 Å². The van der Waals surface area contributed by atoms with Crippen LogP contribution in [-0.2, 0) is 4.79 Å². The number of ketones is 1. The van der Waals surface area contributed by atoms with E-state index in [1.807, 2.05) is 76.2 Å². The molecule has 28 heavy (non-hydrogen) atoms. The van der Waals surface area contributed by atoms with E-state index in [2.05, 4.69) is 17.5 Å². The summed E-state index contributed by atoms with van der Waals surface area (Å²) in [6.45, 7) is 13.5. The van der Waals surface area contributed by atoms with Crippen molar-refractivity contribution in [1.82, 2.24) is 0 Å². The Morgan fingerprint density at radius 1 is 1.11 bits per heavy atom. The summed E-state index contributed by atoms with van der Waals surface area (Å²) in [5.74, 6) is 2.59. The van der Waals surface area contributed by atoms with Crippen molar-refractivity contribution in [2.24, 2.45) is 4.99 Å². The summed E-state index contributed by atoms with van der Waals surface area (Å²) >= 11 is 0. The zero-order chi connectivity index (χ0) is 21.5. The Morgan fingerprint density at radius 2 is 1.71 bits per heavy atom. The van der Waals surface area contributed by atoms with Gasteiger partial charge in [-0.3, -0.25) is 9.79 Å². The van der Waals surface area contributed by atoms with Crippen LogP contribution >= 0.6 is 0 Å². The van der Waals surface area contributed by atoms with Crippen LogP contribution in [0.1, 0.15) is 49.9 Å². The Kier molecular flexibility index (Phi) is 12.4. The van der Waals surface area contributed by atoms with Crippen LogP contribution in [0.15, 0.2) is 66.2 Å². The lowest BCUT2D eigenvalue weighted by Gasteiger charge is -2.09. The first-order chi connectivity index (χ1) is 13.4. The van der Waals surface area contributed by atoms with Gasteiger partial charge in [0.25, 0.3) is 0 Å². The van der Waals surface area contributed by atoms with Crippen molar-refractivity contribution in [3.05, 3.63) is 83.4 Å². The lowest BCUT2D eigenvalue weighted by Crippen LogP contribution is -1.93. The van der Waals surface area contributed by atoms with Gasteiger partial charge in [0.15, 0.2) is 5.78 Å². The molecule has 0 saturated heterocycles. The first kappa shape index (κ1) is 24.8. The van der Waals surface area contributed by atoms with E-state index in [1.54, 1.807) is 26.3 Å². The van der Waals surface area contributed by atoms with E-state index < -0.39 is 0 Å². The molecule has 146 valence electrons. The van der Waals surface area contributed by atoms with Crippen molar-refractivity contribution >= 4 is 23.1 Å². The van der Waals surface area contributed by atoms with Crippen LogP contribution in [0.5, 0.6) is 0 Å². The molecule has 0 N–H and O–H groups in total. The summed E-state index contributed by atoms with van der Waals surface area (Å²) in [4.78, 5) is 15.1. The van der Waals surface area contributed by atoms with Crippen LogP contribution in [0, 0.1) is 19.3 Å². The molecule has 0 aliphatic heterocycles. The normalized spacial score (nSPS) is 10.1. The van der Waals surface area contributed by atoms with Crippen molar-refractivity contribution in [2.75, 3.05) is 7.05 Å². The lowest BCUT2D eigenvalue weighted by atomic mass is 9.96. The molecule has 0 aliphatic rings. The maximum atomic E-state index is 11.1. The minimum absolute atomic E-state index is 0.0613. The molecule has 2 heteroatoms. The van der Waals surface area contributed by atoms with Crippen LogP contribution in [0.2, 0.25) is 0 Å². The number of hydrogen-bond donors (Lipinski definition) is 0. The zero-order valence-electron chi connectivity index (χ0n) is 17.9. The molecular formula is C26H31NO. The maximum absolute atomic E-state index is 11.1. The monoisotopic (exact) mass is 373 g/mol. The predicted molar refractivity (Wildman–Crippen MR) is 125 cm³/mol. The third-order valence-electron chi connectivity index (χ3n) is 3.68. The average molecular weight is 374 g/mol. The van der Waals surface area contributed by atoms with Gasteiger partial charge in [-0.05, 0) is 72.9 Å². The summed E-state index contributed by atoms with van der Waals surface area (Å²) in [7, 11) is 1.72. The van der Waals surface area contributed by atoms with Gasteiger partial charge in [0.1, 0.15) is 0 Å². The number of terminal acetylenes is 1. The van der Waals surface area contributed by atoms with Crippen LogP contribution in [-0.4, -0.2) is 19.0 Å². The molecule has 2 aromatic rings. The summed E-state index contributed by atoms with van der Waals surface area (Å²) in [5.41, 5.74) is 6.03. The number of hydrogen-bond acceptors (Lipinski definition) is 2. The fourth-order valence-corrected chi connectivity index (χ4v) is 2.39. The molecule has 0 aliphatic carbocycles. The van der Waals surface area contributed by atoms with E-state index in [4.69, 9.17) is 6.42 Å². The molecule has 0 bridgehead atoms. The quantitative estimate of drug-likeness (QED) is 0.346. The molecule has 2 aromatic carbocycles. The lowest BCUT2D eigenvalue weighted by molar-refractivity contribution is -0.112. The van der Waals surface area contributed by atoms with Gasteiger partial charge in [-0.1, -0.05) is 56.7 Å². The molecule has 0 aromatic heterocycles. The van der Waals surface area contributed by atoms with Crippen LogP contribution in [0.3, 0.4) is 0 Å². The third-order valence-corrected chi connectivity index (χ3v) is 3.68. The Hall–Kier alpha value is -3.18. The number of carbonyl (C=O) groups excluding carboxylic acids is 1. The predicted octanol–water partition coefficient (Wildman–Crippen LogP) is 6.40. The second-order valence-electron chi connectivity index (χ2n) is 5.89. The highest BCUT2D eigenvalue weighted by molar-refractivity contribution is 6.09. The fraction of sp³-hybridized carbons (Fsp3) is 0.231. The first-order valence-corrected chi connectivity index (χ1v) is 9.32. The molecule has 2 rings (SSSR count).